The Morgan fingerprint density at radius 1 is 1.12 bits per heavy atom. The van der Waals surface area contributed by atoms with E-state index in [1.165, 1.54) is 0 Å². The van der Waals surface area contributed by atoms with Gasteiger partial charge in [-0.15, -0.1) is 0 Å². The minimum absolute atomic E-state index is 0.0286. The standard InChI is InChI=1S/C18H23N3O4/c1-12-14-11-13(24-4)5-6-15(14)25-16(12)17(22)20-7-9-21(10-8-20)18(23)19(2)3/h5-6,11H,7-10H2,1-4H3. The summed E-state index contributed by atoms with van der Waals surface area (Å²) in [6.45, 7) is 3.92. The Morgan fingerprint density at radius 3 is 2.36 bits per heavy atom. The van der Waals surface area contributed by atoms with Gasteiger partial charge in [0.25, 0.3) is 5.91 Å². The number of hydrogen-bond acceptors (Lipinski definition) is 4. The predicted molar refractivity (Wildman–Crippen MR) is 94.1 cm³/mol. The van der Waals surface area contributed by atoms with Gasteiger partial charge in [0.2, 0.25) is 0 Å². The molecule has 1 aromatic carbocycles. The number of benzene rings is 1. The average molecular weight is 345 g/mol. The molecule has 25 heavy (non-hydrogen) atoms. The van der Waals surface area contributed by atoms with E-state index >= 15 is 0 Å². The zero-order valence-electron chi connectivity index (χ0n) is 15.0. The van der Waals surface area contributed by atoms with Crippen molar-refractivity contribution < 1.29 is 18.7 Å². The van der Waals surface area contributed by atoms with Crippen LogP contribution >= 0.6 is 0 Å². The molecule has 2 heterocycles. The third kappa shape index (κ3) is 3.14. The first-order valence-electron chi connectivity index (χ1n) is 8.25. The average Bonchev–Trinajstić information content (AvgIpc) is 2.96. The Morgan fingerprint density at radius 2 is 1.76 bits per heavy atom. The zero-order valence-corrected chi connectivity index (χ0v) is 15.0. The Hall–Kier alpha value is -2.70. The zero-order chi connectivity index (χ0) is 18.1. The van der Waals surface area contributed by atoms with Crippen molar-refractivity contribution >= 4 is 22.9 Å². The van der Waals surface area contributed by atoms with Crippen LogP contribution in [0.5, 0.6) is 5.75 Å². The van der Waals surface area contributed by atoms with Crippen molar-refractivity contribution in [3.8, 4) is 5.75 Å². The molecule has 0 spiro atoms. The van der Waals surface area contributed by atoms with E-state index in [4.69, 9.17) is 9.15 Å². The predicted octanol–water partition coefficient (Wildman–Crippen LogP) is 2.19. The lowest BCUT2D eigenvalue weighted by atomic mass is 10.1. The van der Waals surface area contributed by atoms with Gasteiger partial charge in [0.05, 0.1) is 7.11 Å². The van der Waals surface area contributed by atoms with Crippen LogP contribution in [0.4, 0.5) is 4.79 Å². The van der Waals surface area contributed by atoms with Gasteiger partial charge in [0.1, 0.15) is 11.3 Å². The molecule has 2 aromatic rings. The number of rotatable bonds is 2. The third-order valence-corrected chi connectivity index (χ3v) is 4.56. The molecule has 1 aromatic heterocycles. The topological polar surface area (TPSA) is 66.2 Å². The van der Waals surface area contributed by atoms with E-state index in [2.05, 4.69) is 0 Å². The van der Waals surface area contributed by atoms with Gasteiger partial charge in [-0.3, -0.25) is 4.79 Å². The van der Waals surface area contributed by atoms with Crippen molar-refractivity contribution in [2.24, 2.45) is 0 Å². The summed E-state index contributed by atoms with van der Waals surface area (Å²) in [7, 11) is 5.06. The summed E-state index contributed by atoms with van der Waals surface area (Å²) < 4.78 is 11.0. The molecule has 0 unspecified atom stereocenters. The number of carbonyl (C=O) groups excluding carboxylic acids is 2. The Bertz CT molecular complexity index is 804. The molecule has 1 aliphatic heterocycles. The molecule has 1 aliphatic rings. The van der Waals surface area contributed by atoms with Crippen LogP contribution in [0.2, 0.25) is 0 Å². The molecule has 0 radical (unpaired) electrons. The molecule has 134 valence electrons. The molecule has 0 bridgehead atoms. The lowest BCUT2D eigenvalue weighted by Gasteiger charge is -2.35. The fourth-order valence-corrected chi connectivity index (χ4v) is 3.06. The maximum atomic E-state index is 12.8. The number of ether oxygens (including phenoxy) is 1. The van der Waals surface area contributed by atoms with Crippen molar-refractivity contribution in [3.05, 3.63) is 29.5 Å². The monoisotopic (exact) mass is 345 g/mol. The number of amides is 3. The summed E-state index contributed by atoms with van der Waals surface area (Å²) in [5.74, 6) is 0.950. The number of piperazine rings is 1. The van der Waals surface area contributed by atoms with Gasteiger partial charge in [-0.2, -0.15) is 0 Å². The fourth-order valence-electron chi connectivity index (χ4n) is 3.06. The van der Waals surface area contributed by atoms with E-state index in [9.17, 15) is 9.59 Å². The first-order valence-corrected chi connectivity index (χ1v) is 8.25. The maximum Gasteiger partial charge on any atom is 0.319 e. The molecule has 0 aliphatic carbocycles. The van der Waals surface area contributed by atoms with E-state index < -0.39 is 0 Å². The van der Waals surface area contributed by atoms with Crippen LogP contribution < -0.4 is 4.74 Å². The van der Waals surface area contributed by atoms with Gasteiger partial charge in [0.15, 0.2) is 5.76 Å². The maximum absolute atomic E-state index is 12.8. The highest BCUT2D eigenvalue weighted by Gasteiger charge is 2.28. The highest BCUT2D eigenvalue weighted by molar-refractivity contribution is 5.99. The van der Waals surface area contributed by atoms with E-state index in [1.54, 1.807) is 35.9 Å². The number of methoxy groups -OCH3 is 1. The van der Waals surface area contributed by atoms with Crippen LogP contribution in [-0.4, -0.2) is 74.0 Å². The Kier molecular flexibility index (Phi) is 4.57. The first-order chi connectivity index (χ1) is 11.9. The van der Waals surface area contributed by atoms with Crippen molar-refractivity contribution in [2.75, 3.05) is 47.4 Å². The van der Waals surface area contributed by atoms with Crippen LogP contribution in [-0.2, 0) is 0 Å². The minimum atomic E-state index is -0.135. The second-order valence-corrected chi connectivity index (χ2v) is 6.37. The molecule has 0 atom stereocenters. The smallest absolute Gasteiger partial charge is 0.319 e. The second kappa shape index (κ2) is 6.66. The fraction of sp³-hybridized carbons (Fsp3) is 0.444. The molecule has 3 amide bonds. The lowest BCUT2D eigenvalue weighted by molar-refractivity contribution is 0.0621. The van der Waals surface area contributed by atoms with Crippen LogP contribution in [0.1, 0.15) is 16.1 Å². The van der Waals surface area contributed by atoms with Crippen LogP contribution in [0.25, 0.3) is 11.0 Å². The van der Waals surface area contributed by atoms with Gasteiger partial charge < -0.3 is 23.9 Å². The molecule has 1 saturated heterocycles. The summed E-state index contributed by atoms with van der Waals surface area (Å²) in [6.07, 6.45) is 0. The quantitative estimate of drug-likeness (QED) is 0.837. The number of aryl methyl sites for hydroxylation is 1. The largest absolute Gasteiger partial charge is 0.497 e. The first kappa shape index (κ1) is 17.1. The van der Waals surface area contributed by atoms with Crippen molar-refractivity contribution in [2.45, 2.75) is 6.92 Å². The van der Waals surface area contributed by atoms with Gasteiger partial charge in [0, 0.05) is 51.2 Å². The molecular weight excluding hydrogens is 322 g/mol. The highest BCUT2D eigenvalue weighted by atomic mass is 16.5. The van der Waals surface area contributed by atoms with Crippen LogP contribution in [0.3, 0.4) is 0 Å². The second-order valence-electron chi connectivity index (χ2n) is 6.37. The van der Waals surface area contributed by atoms with Crippen LogP contribution in [0, 0.1) is 6.92 Å². The number of carbonyl (C=O) groups is 2. The summed E-state index contributed by atoms with van der Waals surface area (Å²) in [5.41, 5.74) is 1.48. The Labute approximate surface area is 146 Å². The summed E-state index contributed by atoms with van der Waals surface area (Å²) in [4.78, 5) is 29.9. The number of hydrogen-bond donors (Lipinski definition) is 0. The van der Waals surface area contributed by atoms with Crippen molar-refractivity contribution in [1.82, 2.24) is 14.7 Å². The van der Waals surface area contributed by atoms with Gasteiger partial charge >= 0.3 is 6.03 Å². The van der Waals surface area contributed by atoms with E-state index in [1.807, 2.05) is 25.1 Å². The van der Waals surface area contributed by atoms with E-state index in [-0.39, 0.29) is 11.9 Å². The van der Waals surface area contributed by atoms with Gasteiger partial charge in [-0.25, -0.2) is 4.79 Å². The molecule has 1 fully saturated rings. The van der Waals surface area contributed by atoms with Crippen LogP contribution in [0.15, 0.2) is 22.6 Å². The number of fused-ring (bicyclic) bond motifs is 1. The molecule has 7 nitrogen and oxygen atoms in total. The lowest BCUT2D eigenvalue weighted by Crippen LogP contribution is -2.52. The minimum Gasteiger partial charge on any atom is -0.497 e. The molecule has 0 saturated carbocycles. The highest BCUT2D eigenvalue weighted by Crippen LogP contribution is 2.29. The summed E-state index contributed by atoms with van der Waals surface area (Å²) >= 11 is 0. The summed E-state index contributed by atoms with van der Waals surface area (Å²) in [5, 5.41) is 0.879. The Balaban J connectivity index is 1.77. The van der Waals surface area contributed by atoms with Gasteiger partial charge in [-0.1, -0.05) is 0 Å². The normalized spacial score (nSPS) is 14.7. The number of nitrogens with zero attached hydrogens (tertiary/aromatic N) is 3. The third-order valence-electron chi connectivity index (χ3n) is 4.56. The van der Waals surface area contributed by atoms with Gasteiger partial charge in [-0.05, 0) is 25.1 Å². The molecular formula is C18H23N3O4. The molecule has 7 heteroatoms. The van der Waals surface area contributed by atoms with E-state index in [0.717, 1.165) is 16.7 Å². The number of urea groups is 1. The summed E-state index contributed by atoms with van der Waals surface area (Å²) in [6, 6.07) is 5.47. The van der Waals surface area contributed by atoms with Crippen molar-refractivity contribution in [3.63, 3.8) is 0 Å². The van der Waals surface area contributed by atoms with E-state index in [0.29, 0.717) is 37.5 Å². The molecule has 0 N–H and O–H groups in total. The molecule has 3 rings (SSSR count). The van der Waals surface area contributed by atoms with Crippen molar-refractivity contribution in [1.29, 1.82) is 0 Å². The SMILES string of the molecule is COc1ccc2oc(C(=O)N3CCN(C(=O)N(C)C)CC3)c(C)c2c1. The number of furan rings is 1.